The second-order valence-electron chi connectivity index (χ2n) is 2.42. The topological polar surface area (TPSA) is 40.5 Å². The van der Waals surface area contributed by atoms with Crippen molar-refractivity contribution in [1.82, 2.24) is 0 Å². The molecule has 0 amide bonds. The molecule has 2 atom stereocenters. The summed E-state index contributed by atoms with van der Waals surface area (Å²) in [5, 5.41) is 17.9. The zero-order valence-corrected chi connectivity index (χ0v) is 8.29. The van der Waals surface area contributed by atoms with Gasteiger partial charge in [-0.05, 0) is 12.8 Å². The maximum Gasteiger partial charge on any atom is 0.0799 e. The zero-order chi connectivity index (χ0) is 9.98. The molecule has 12 heavy (non-hydrogen) atoms. The third-order valence-electron chi connectivity index (χ3n) is 1.69. The summed E-state index contributed by atoms with van der Waals surface area (Å²) < 4.78 is 0. The summed E-state index contributed by atoms with van der Waals surface area (Å²) in [5.74, 6) is 0. The van der Waals surface area contributed by atoms with Crippen molar-refractivity contribution >= 4 is 0 Å². The van der Waals surface area contributed by atoms with Crippen LogP contribution in [0.5, 0.6) is 0 Å². The highest BCUT2D eigenvalue weighted by molar-refractivity contribution is 4.72. The van der Waals surface area contributed by atoms with Gasteiger partial charge in [0.2, 0.25) is 0 Å². The lowest BCUT2D eigenvalue weighted by Gasteiger charge is -2.22. The van der Waals surface area contributed by atoms with E-state index in [2.05, 4.69) is 13.2 Å². The Bertz CT molecular complexity index is 73.9. The average molecular weight is 174 g/mol. The Balaban J connectivity index is 0. The lowest BCUT2D eigenvalue weighted by atomic mass is 9.95. The summed E-state index contributed by atoms with van der Waals surface area (Å²) in [4.78, 5) is 0. The van der Waals surface area contributed by atoms with Crippen molar-refractivity contribution in [3.05, 3.63) is 13.2 Å². The SMILES string of the molecule is C=C.CC.OC1CCCCC1O. The molecule has 0 radical (unpaired) electrons. The molecule has 0 aliphatic heterocycles. The van der Waals surface area contributed by atoms with E-state index in [-0.39, 0.29) is 0 Å². The van der Waals surface area contributed by atoms with Crippen LogP contribution in [-0.2, 0) is 0 Å². The van der Waals surface area contributed by atoms with E-state index in [1.807, 2.05) is 13.8 Å². The smallest absolute Gasteiger partial charge is 0.0799 e. The van der Waals surface area contributed by atoms with Crippen LogP contribution in [0.1, 0.15) is 39.5 Å². The molecule has 0 aromatic heterocycles. The molecule has 1 aliphatic rings. The summed E-state index contributed by atoms with van der Waals surface area (Å²) >= 11 is 0. The summed E-state index contributed by atoms with van der Waals surface area (Å²) in [6.45, 7) is 10.0. The van der Waals surface area contributed by atoms with Crippen molar-refractivity contribution in [1.29, 1.82) is 0 Å². The molecule has 1 fully saturated rings. The summed E-state index contributed by atoms with van der Waals surface area (Å²) in [6, 6.07) is 0. The molecule has 1 aliphatic carbocycles. The highest BCUT2D eigenvalue weighted by Gasteiger charge is 2.19. The van der Waals surface area contributed by atoms with Gasteiger partial charge in [0.1, 0.15) is 0 Å². The standard InChI is InChI=1S/C6H12O2.C2H6.C2H4/c7-5-3-1-2-4-6(5)8;2*1-2/h5-8H,1-4H2;1-2H3;1-2H2. The van der Waals surface area contributed by atoms with Crippen LogP contribution in [-0.4, -0.2) is 22.4 Å². The number of aliphatic hydroxyl groups is 2. The third-order valence-corrected chi connectivity index (χ3v) is 1.69. The van der Waals surface area contributed by atoms with Gasteiger partial charge in [0, 0.05) is 0 Å². The first kappa shape index (κ1) is 14.2. The molecule has 0 heterocycles. The van der Waals surface area contributed by atoms with Crippen LogP contribution in [0.25, 0.3) is 0 Å². The van der Waals surface area contributed by atoms with Gasteiger partial charge in [0.25, 0.3) is 0 Å². The van der Waals surface area contributed by atoms with Gasteiger partial charge in [-0.1, -0.05) is 26.7 Å². The van der Waals surface area contributed by atoms with E-state index in [0.29, 0.717) is 0 Å². The van der Waals surface area contributed by atoms with E-state index in [0.717, 1.165) is 25.7 Å². The molecule has 0 aromatic rings. The second-order valence-corrected chi connectivity index (χ2v) is 2.42. The minimum atomic E-state index is -0.441. The van der Waals surface area contributed by atoms with Crippen molar-refractivity contribution in [3.8, 4) is 0 Å². The minimum absolute atomic E-state index is 0.441. The fourth-order valence-corrected chi connectivity index (χ4v) is 1.09. The van der Waals surface area contributed by atoms with Crippen LogP contribution in [0.2, 0.25) is 0 Å². The van der Waals surface area contributed by atoms with Gasteiger partial charge in [-0.15, -0.1) is 13.2 Å². The van der Waals surface area contributed by atoms with E-state index in [1.165, 1.54) is 0 Å². The van der Waals surface area contributed by atoms with E-state index < -0.39 is 12.2 Å². The van der Waals surface area contributed by atoms with Gasteiger partial charge >= 0.3 is 0 Å². The molecular formula is C10H22O2. The lowest BCUT2D eigenvalue weighted by molar-refractivity contribution is -0.00865. The molecule has 0 saturated heterocycles. The summed E-state index contributed by atoms with van der Waals surface area (Å²) in [5.41, 5.74) is 0. The van der Waals surface area contributed by atoms with Crippen LogP contribution in [0.15, 0.2) is 13.2 Å². The van der Waals surface area contributed by atoms with E-state index >= 15 is 0 Å². The molecule has 2 unspecified atom stereocenters. The first-order chi connectivity index (χ1) is 5.80. The predicted molar refractivity (Wildman–Crippen MR) is 53.1 cm³/mol. The van der Waals surface area contributed by atoms with E-state index in [9.17, 15) is 0 Å². The Labute approximate surface area is 75.9 Å². The van der Waals surface area contributed by atoms with Crippen LogP contribution < -0.4 is 0 Å². The fourth-order valence-electron chi connectivity index (χ4n) is 1.09. The Hall–Kier alpha value is -0.340. The predicted octanol–water partition coefficient (Wildman–Crippen LogP) is 2.11. The Morgan fingerprint density at radius 2 is 1.17 bits per heavy atom. The number of hydrogen-bond donors (Lipinski definition) is 2. The van der Waals surface area contributed by atoms with Gasteiger partial charge in [-0.25, -0.2) is 0 Å². The Morgan fingerprint density at radius 3 is 1.33 bits per heavy atom. The molecule has 1 rings (SSSR count). The zero-order valence-electron chi connectivity index (χ0n) is 8.29. The van der Waals surface area contributed by atoms with Crippen LogP contribution >= 0.6 is 0 Å². The van der Waals surface area contributed by atoms with Crippen molar-refractivity contribution in [2.24, 2.45) is 0 Å². The minimum Gasteiger partial charge on any atom is -0.390 e. The van der Waals surface area contributed by atoms with Crippen LogP contribution in [0.4, 0.5) is 0 Å². The van der Waals surface area contributed by atoms with Gasteiger partial charge < -0.3 is 10.2 Å². The monoisotopic (exact) mass is 174 g/mol. The Kier molecular flexibility index (Phi) is 12.6. The normalized spacial score (nSPS) is 27.3. The highest BCUT2D eigenvalue weighted by Crippen LogP contribution is 2.17. The highest BCUT2D eigenvalue weighted by atomic mass is 16.3. The maximum absolute atomic E-state index is 8.93. The Morgan fingerprint density at radius 1 is 0.917 bits per heavy atom. The van der Waals surface area contributed by atoms with Gasteiger partial charge in [0.05, 0.1) is 12.2 Å². The van der Waals surface area contributed by atoms with Gasteiger partial charge in [-0.3, -0.25) is 0 Å². The molecule has 1 saturated carbocycles. The first-order valence-electron chi connectivity index (χ1n) is 4.67. The molecule has 0 spiro atoms. The maximum atomic E-state index is 8.93. The first-order valence-corrected chi connectivity index (χ1v) is 4.67. The van der Waals surface area contributed by atoms with Crippen molar-refractivity contribution in [2.45, 2.75) is 51.7 Å². The molecule has 2 heteroatoms. The fraction of sp³-hybridized carbons (Fsp3) is 0.800. The summed E-state index contributed by atoms with van der Waals surface area (Å²) in [7, 11) is 0. The van der Waals surface area contributed by atoms with E-state index in [1.54, 1.807) is 0 Å². The van der Waals surface area contributed by atoms with Crippen molar-refractivity contribution in [3.63, 3.8) is 0 Å². The molecule has 0 aromatic carbocycles. The quantitative estimate of drug-likeness (QED) is 0.552. The number of aliphatic hydroxyl groups excluding tert-OH is 2. The van der Waals surface area contributed by atoms with Crippen molar-refractivity contribution in [2.75, 3.05) is 0 Å². The largest absolute Gasteiger partial charge is 0.390 e. The van der Waals surface area contributed by atoms with Crippen LogP contribution in [0.3, 0.4) is 0 Å². The number of hydrogen-bond acceptors (Lipinski definition) is 2. The average Bonchev–Trinajstić information content (AvgIpc) is 2.17. The summed E-state index contributed by atoms with van der Waals surface area (Å²) in [6.07, 6.45) is 2.81. The molecular weight excluding hydrogens is 152 g/mol. The molecule has 2 nitrogen and oxygen atoms in total. The van der Waals surface area contributed by atoms with Gasteiger partial charge in [-0.2, -0.15) is 0 Å². The molecule has 0 bridgehead atoms. The van der Waals surface area contributed by atoms with Crippen molar-refractivity contribution < 1.29 is 10.2 Å². The number of rotatable bonds is 0. The molecule has 2 N–H and O–H groups in total. The van der Waals surface area contributed by atoms with E-state index in [4.69, 9.17) is 10.2 Å². The van der Waals surface area contributed by atoms with Crippen LogP contribution in [0, 0.1) is 0 Å². The second kappa shape index (κ2) is 10.7. The lowest BCUT2D eigenvalue weighted by Crippen LogP contribution is -2.28. The molecule has 74 valence electrons. The van der Waals surface area contributed by atoms with Gasteiger partial charge in [0.15, 0.2) is 0 Å². The third kappa shape index (κ3) is 6.38.